The van der Waals surface area contributed by atoms with Crippen LogP contribution in [0.1, 0.15) is 31.6 Å². The van der Waals surface area contributed by atoms with Gasteiger partial charge in [-0.15, -0.1) is 11.3 Å². The summed E-state index contributed by atoms with van der Waals surface area (Å²) in [5.74, 6) is 0.408. The monoisotopic (exact) mass is 290 g/mol. The first kappa shape index (κ1) is 15.6. The summed E-state index contributed by atoms with van der Waals surface area (Å²) in [5, 5.41) is 4.81. The lowest BCUT2D eigenvalue weighted by atomic mass is 10.0. The number of hydrogen-bond acceptors (Lipinski definition) is 4. The van der Waals surface area contributed by atoms with E-state index in [0.29, 0.717) is 23.9 Å². The summed E-state index contributed by atoms with van der Waals surface area (Å²) in [5.41, 5.74) is 0. The molecule has 18 heavy (non-hydrogen) atoms. The molecule has 2 N–H and O–H groups in total. The van der Waals surface area contributed by atoms with Gasteiger partial charge in [0.15, 0.2) is 0 Å². The third-order valence-corrected chi connectivity index (χ3v) is 5.61. The molecule has 4 nitrogen and oxygen atoms in total. The Morgan fingerprint density at radius 2 is 2.00 bits per heavy atom. The Bertz CT molecular complexity index is 450. The zero-order valence-electron chi connectivity index (χ0n) is 11.2. The van der Waals surface area contributed by atoms with Crippen LogP contribution in [0.25, 0.3) is 0 Å². The number of sulfonamides is 1. The van der Waals surface area contributed by atoms with E-state index in [4.69, 9.17) is 0 Å². The van der Waals surface area contributed by atoms with Crippen LogP contribution in [0.3, 0.4) is 0 Å². The molecule has 6 heteroatoms. The van der Waals surface area contributed by atoms with E-state index in [2.05, 4.69) is 23.9 Å². The molecule has 0 aliphatic rings. The van der Waals surface area contributed by atoms with Crippen LogP contribution in [0.15, 0.2) is 16.3 Å². The molecule has 1 rings (SSSR count). The summed E-state index contributed by atoms with van der Waals surface area (Å²) in [6.07, 6.45) is 1.98. The molecule has 0 aliphatic carbocycles. The van der Waals surface area contributed by atoms with Crippen molar-refractivity contribution in [3.63, 3.8) is 0 Å². The second-order valence-electron chi connectivity index (χ2n) is 4.27. The Kier molecular flexibility index (Phi) is 6.28. The number of hydrogen-bond donors (Lipinski definition) is 2. The molecule has 0 spiro atoms. The van der Waals surface area contributed by atoms with Crippen LogP contribution in [0.4, 0.5) is 0 Å². The van der Waals surface area contributed by atoms with Crippen molar-refractivity contribution in [1.29, 1.82) is 0 Å². The molecule has 0 atom stereocenters. The maximum Gasteiger partial charge on any atom is 0.241 e. The van der Waals surface area contributed by atoms with Gasteiger partial charge in [-0.05, 0) is 24.4 Å². The van der Waals surface area contributed by atoms with Crippen molar-refractivity contribution >= 4 is 21.4 Å². The van der Waals surface area contributed by atoms with E-state index in [1.807, 2.05) is 12.4 Å². The van der Waals surface area contributed by atoms with E-state index in [1.54, 1.807) is 6.07 Å². The molecule has 104 valence electrons. The van der Waals surface area contributed by atoms with Crippen molar-refractivity contribution in [3.05, 3.63) is 16.3 Å². The van der Waals surface area contributed by atoms with Gasteiger partial charge < -0.3 is 5.32 Å². The molecule has 0 bridgehead atoms. The Morgan fingerprint density at radius 1 is 1.33 bits per heavy atom. The quantitative estimate of drug-likeness (QED) is 0.771. The van der Waals surface area contributed by atoms with E-state index in [0.717, 1.165) is 17.7 Å². The van der Waals surface area contributed by atoms with Crippen LogP contribution in [-0.4, -0.2) is 22.0 Å². The first-order valence-electron chi connectivity index (χ1n) is 6.25. The van der Waals surface area contributed by atoms with Crippen LogP contribution in [-0.2, 0) is 16.6 Å². The minimum absolute atomic E-state index is 0.408. The second-order valence-corrected chi connectivity index (χ2v) is 7.01. The highest BCUT2D eigenvalue weighted by atomic mass is 32.2. The first-order chi connectivity index (χ1) is 8.55. The highest BCUT2D eigenvalue weighted by molar-refractivity contribution is 7.89. The van der Waals surface area contributed by atoms with Gasteiger partial charge in [0, 0.05) is 18.0 Å². The van der Waals surface area contributed by atoms with Gasteiger partial charge in [-0.2, -0.15) is 0 Å². The number of rotatable bonds is 8. The van der Waals surface area contributed by atoms with Gasteiger partial charge in [0.1, 0.15) is 0 Å². The van der Waals surface area contributed by atoms with E-state index < -0.39 is 10.0 Å². The van der Waals surface area contributed by atoms with Crippen molar-refractivity contribution in [2.45, 2.75) is 38.1 Å². The van der Waals surface area contributed by atoms with E-state index in [9.17, 15) is 8.42 Å². The standard InChI is InChI=1S/C12H22N2O2S2/c1-4-10(5-2)8-14-18(15,16)12-6-7-17-11(12)9-13-3/h6-7,10,13-14H,4-5,8-9H2,1-3H3. The normalized spacial score (nSPS) is 12.2. The highest BCUT2D eigenvalue weighted by Crippen LogP contribution is 2.21. The Morgan fingerprint density at radius 3 is 2.56 bits per heavy atom. The fourth-order valence-electron chi connectivity index (χ4n) is 1.74. The molecule has 0 fully saturated rings. The lowest BCUT2D eigenvalue weighted by molar-refractivity contribution is 0.478. The van der Waals surface area contributed by atoms with Crippen LogP contribution in [0.2, 0.25) is 0 Å². The van der Waals surface area contributed by atoms with Crippen molar-refractivity contribution in [1.82, 2.24) is 10.0 Å². The molecule has 1 heterocycles. The second kappa shape index (κ2) is 7.23. The third kappa shape index (κ3) is 4.05. The zero-order valence-corrected chi connectivity index (χ0v) is 12.8. The van der Waals surface area contributed by atoms with Crippen molar-refractivity contribution < 1.29 is 8.42 Å². The molecule has 0 saturated heterocycles. The smallest absolute Gasteiger partial charge is 0.241 e. The predicted octanol–water partition coefficient (Wildman–Crippen LogP) is 2.18. The fourth-order valence-corrected chi connectivity index (χ4v) is 4.31. The van der Waals surface area contributed by atoms with Crippen LogP contribution < -0.4 is 10.0 Å². The molecule has 1 aromatic heterocycles. The van der Waals surface area contributed by atoms with Gasteiger partial charge >= 0.3 is 0 Å². The van der Waals surface area contributed by atoms with E-state index in [1.165, 1.54) is 11.3 Å². The van der Waals surface area contributed by atoms with Crippen molar-refractivity contribution in [3.8, 4) is 0 Å². The molecular formula is C12H22N2O2S2. The van der Waals surface area contributed by atoms with Gasteiger partial charge in [-0.1, -0.05) is 26.7 Å². The largest absolute Gasteiger partial charge is 0.315 e. The summed E-state index contributed by atoms with van der Waals surface area (Å²) in [7, 11) is -1.55. The Hall–Kier alpha value is -0.430. The van der Waals surface area contributed by atoms with Gasteiger partial charge in [0.25, 0.3) is 0 Å². The minimum Gasteiger partial charge on any atom is -0.315 e. The highest BCUT2D eigenvalue weighted by Gasteiger charge is 2.20. The lowest BCUT2D eigenvalue weighted by Crippen LogP contribution is -2.29. The van der Waals surface area contributed by atoms with Crippen LogP contribution in [0, 0.1) is 5.92 Å². The number of nitrogens with one attached hydrogen (secondary N) is 2. The topological polar surface area (TPSA) is 58.2 Å². The zero-order chi connectivity index (χ0) is 13.6. The van der Waals surface area contributed by atoms with Crippen LogP contribution >= 0.6 is 11.3 Å². The summed E-state index contributed by atoms with van der Waals surface area (Å²) in [4.78, 5) is 1.27. The average molecular weight is 290 g/mol. The van der Waals surface area contributed by atoms with E-state index in [-0.39, 0.29) is 0 Å². The van der Waals surface area contributed by atoms with Gasteiger partial charge in [-0.25, -0.2) is 13.1 Å². The molecule has 0 saturated carbocycles. The van der Waals surface area contributed by atoms with Crippen LogP contribution in [0.5, 0.6) is 0 Å². The van der Waals surface area contributed by atoms with Gasteiger partial charge in [0.05, 0.1) is 4.90 Å². The fraction of sp³-hybridized carbons (Fsp3) is 0.667. The molecule has 1 aromatic rings. The van der Waals surface area contributed by atoms with E-state index >= 15 is 0 Å². The summed E-state index contributed by atoms with van der Waals surface area (Å²) >= 11 is 1.47. The Labute approximate surface area is 114 Å². The van der Waals surface area contributed by atoms with Crippen molar-refractivity contribution in [2.75, 3.05) is 13.6 Å². The molecule has 0 unspecified atom stereocenters. The SMILES string of the molecule is CCC(CC)CNS(=O)(=O)c1ccsc1CNC. The molecule has 0 aromatic carbocycles. The minimum atomic E-state index is -3.36. The van der Waals surface area contributed by atoms with Crippen molar-refractivity contribution in [2.24, 2.45) is 5.92 Å². The maximum absolute atomic E-state index is 12.2. The average Bonchev–Trinajstić information content (AvgIpc) is 2.80. The molecule has 0 radical (unpaired) electrons. The van der Waals surface area contributed by atoms with Gasteiger partial charge in [0.2, 0.25) is 10.0 Å². The Balaban J connectivity index is 2.76. The molecule has 0 amide bonds. The predicted molar refractivity (Wildman–Crippen MR) is 76.3 cm³/mol. The molecular weight excluding hydrogens is 268 g/mol. The van der Waals surface area contributed by atoms with Gasteiger partial charge in [-0.3, -0.25) is 0 Å². The maximum atomic E-state index is 12.2. The molecule has 0 aliphatic heterocycles. The lowest BCUT2D eigenvalue weighted by Gasteiger charge is -2.13. The first-order valence-corrected chi connectivity index (χ1v) is 8.62. The summed E-state index contributed by atoms with van der Waals surface area (Å²) < 4.78 is 27.1. The summed E-state index contributed by atoms with van der Waals surface area (Å²) in [6.45, 7) is 5.27. The number of thiophene rings is 1. The summed E-state index contributed by atoms with van der Waals surface area (Å²) in [6, 6.07) is 1.67. The third-order valence-electron chi connectivity index (χ3n) is 3.05.